The summed E-state index contributed by atoms with van der Waals surface area (Å²) in [6, 6.07) is 9.76. The molecule has 5 nitrogen and oxygen atoms in total. The van der Waals surface area contributed by atoms with Crippen molar-refractivity contribution in [3.05, 3.63) is 30.3 Å². The summed E-state index contributed by atoms with van der Waals surface area (Å²) in [7, 11) is 0. The fraction of sp³-hybridized carbons (Fsp3) is 0.467. The van der Waals surface area contributed by atoms with Crippen LogP contribution in [-0.2, 0) is 0 Å². The topological polar surface area (TPSA) is 67.3 Å². The van der Waals surface area contributed by atoms with Crippen LogP contribution < -0.4 is 10.1 Å². The van der Waals surface area contributed by atoms with Gasteiger partial charge in [0.2, 0.25) is 0 Å². The number of ether oxygens (including phenoxy) is 1. The highest BCUT2D eigenvalue weighted by Gasteiger charge is 2.15. The van der Waals surface area contributed by atoms with Gasteiger partial charge in [0.25, 0.3) is 5.88 Å². The molecule has 1 aromatic heterocycles. The monoisotopic (exact) mass is 307 g/mol. The van der Waals surface area contributed by atoms with Crippen LogP contribution in [0.1, 0.15) is 20.8 Å². The quantitative estimate of drug-likeness (QED) is 0.857. The second-order valence-electron chi connectivity index (χ2n) is 5.88. The van der Waals surface area contributed by atoms with Gasteiger partial charge in [0.05, 0.1) is 11.7 Å². The molecule has 0 spiro atoms. The van der Waals surface area contributed by atoms with E-state index >= 15 is 0 Å². The molecular weight excluding hydrogens is 286 g/mol. The Morgan fingerprint density at radius 1 is 1.24 bits per heavy atom. The summed E-state index contributed by atoms with van der Waals surface area (Å²) in [6.07, 6.45) is -0.588. The summed E-state index contributed by atoms with van der Waals surface area (Å²) in [4.78, 5) is 0. The number of hydrogen-bond acceptors (Lipinski definition) is 6. The highest BCUT2D eigenvalue weighted by atomic mass is 32.1. The van der Waals surface area contributed by atoms with Gasteiger partial charge < -0.3 is 15.2 Å². The van der Waals surface area contributed by atoms with Gasteiger partial charge in [-0.15, -0.1) is 4.37 Å². The molecule has 0 saturated heterocycles. The third kappa shape index (κ3) is 5.08. The normalized spacial score (nSPS) is 13.1. The van der Waals surface area contributed by atoms with Crippen molar-refractivity contribution in [3.8, 4) is 17.1 Å². The Kier molecular flexibility index (Phi) is 5.27. The van der Waals surface area contributed by atoms with Gasteiger partial charge in [-0.2, -0.15) is 4.37 Å². The number of aliphatic hydroxyl groups excluding tert-OH is 1. The lowest BCUT2D eigenvalue weighted by Crippen LogP contribution is -2.42. The van der Waals surface area contributed by atoms with Gasteiger partial charge in [-0.25, -0.2) is 0 Å². The number of benzene rings is 1. The SMILES string of the molecule is CC(C)(C)NCC(O)COc1nsnc1-c1ccccc1. The Morgan fingerprint density at radius 2 is 1.95 bits per heavy atom. The van der Waals surface area contributed by atoms with Gasteiger partial charge in [0.1, 0.15) is 18.4 Å². The fourth-order valence-electron chi connectivity index (χ4n) is 1.71. The molecule has 1 heterocycles. The number of aromatic nitrogens is 2. The first kappa shape index (κ1) is 15.9. The van der Waals surface area contributed by atoms with Crippen LogP contribution in [0, 0.1) is 0 Å². The van der Waals surface area contributed by atoms with Crippen molar-refractivity contribution < 1.29 is 9.84 Å². The van der Waals surface area contributed by atoms with Crippen molar-refractivity contribution in [1.82, 2.24) is 14.1 Å². The average Bonchev–Trinajstić information content (AvgIpc) is 2.91. The van der Waals surface area contributed by atoms with E-state index in [-0.39, 0.29) is 12.1 Å². The standard InChI is InChI=1S/C15H21N3O2S/c1-15(2,3)16-9-12(19)10-20-14-13(17-21-18-14)11-7-5-4-6-8-11/h4-8,12,16,19H,9-10H2,1-3H3. The van der Waals surface area contributed by atoms with Crippen LogP contribution in [0.5, 0.6) is 5.88 Å². The molecule has 2 aromatic rings. The number of nitrogens with zero attached hydrogens (tertiary/aromatic N) is 2. The Bertz CT molecular complexity index is 552. The van der Waals surface area contributed by atoms with Gasteiger partial charge in [0, 0.05) is 17.6 Å². The molecule has 0 bridgehead atoms. The minimum Gasteiger partial charge on any atom is -0.473 e. The molecular formula is C15H21N3O2S. The maximum absolute atomic E-state index is 9.94. The second kappa shape index (κ2) is 6.98. The predicted molar refractivity (Wildman–Crippen MR) is 84.6 cm³/mol. The Hall–Kier alpha value is -1.50. The first-order valence-electron chi connectivity index (χ1n) is 6.89. The molecule has 0 aliphatic heterocycles. The molecule has 2 N–H and O–H groups in total. The molecule has 0 radical (unpaired) electrons. The van der Waals surface area contributed by atoms with Crippen molar-refractivity contribution >= 4 is 11.7 Å². The molecule has 0 amide bonds. The minimum atomic E-state index is -0.588. The molecule has 114 valence electrons. The zero-order valence-electron chi connectivity index (χ0n) is 12.5. The van der Waals surface area contributed by atoms with Gasteiger partial charge in [-0.05, 0) is 20.8 Å². The van der Waals surface area contributed by atoms with Crippen LogP contribution in [0.3, 0.4) is 0 Å². The molecule has 0 saturated carbocycles. The lowest BCUT2D eigenvalue weighted by atomic mass is 10.1. The summed E-state index contributed by atoms with van der Waals surface area (Å²) in [5.74, 6) is 0.473. The maximum atomic E-state index is 9.94. The molecule has 21 heavy (non-hydrogen) atoms. The van der Waals surface area contributed by atoms with E-state index in [1.807, 2.05) is 30.3 Å². The van der Waals surface area contributed by atoms with Crippen LogP contribution in [0.2, 0.25) is 0 Å². The summed E-state index contributed by atoms with van der Waals surface area (Å²) in [5, 5.41) is 13.2. The summed E-state index contributed by atoms with van der Waals surface area (Å²) >= 11 is 1.11. The van der Waals surface area contributed by atoms with Crippen molar-refractivity contribution in [1.29, 1.82) is 0 Å². The number of hydrogen-bond donors (Lipinski definition) is 2. The average molecular weight is 307 g/mol. The Labute approximate surface area is 129 Å². The molecule has 6 heteroatoms. The van der Waals surface area contributed by atoms with Gasteiger partial charge in [-0.1, -0.05) is 30.3 Å². The summed E-state index contributed by atoms with van der Waals surface area (Å²) in [5.41, 5.74) is 1.65. The molecule has 1 unspecified atom stereocenters. The smallest absolute Gasteiger partial charge is 0.254 e. The summed E-state index contributed by atoms with van der Waals surface area (Å²) in [6.45, 7) is 6.82. The molecule has 0 fully saturated rings. The zero-order chi connectivity index (χ0) is 15.3. The van der Waals surface area contributed by atoms with Crippen molar-refractivity contribution in [2.45, 2.75) is 32.4 Å². The number of rotatable bonds is 6. The van der Waals surface area contributed by atoms with Crippen LogP contribution in [0.25, 0.3) is 11.3 Å². The second-order valence-corrected chi connectivity index (χ2v) is 6.41. The van der Waals surface area contributed by atoms with E-state index < -0.39 is 6.10 Å². The third-order valence-electron chi connectivity index (χ3n) is 2.79. The maximum Gasteiger partial charge on any atom is 0.254 e. The van der Waals surface area contributed by atoms with E-state index in [2.05, 4.69) is 34.8 Å². The van der Waals surface area contributed by atoms with Crippen molar-refractivity contribution in [3.63, 3.8) is 0 Å². The van der Waals surface area contributed by atoms with E-state index in [0.29, 0.717) is 12.4 Å². The third-order valence-corrected chi connectivity index (χ3v) is 3.30. The summed E-state index contributed by atoms with van der Waals surface area (Å²) < 4.78 is 14.0. The van der Waals surface area contributed by atoms with E-state index in [9.17, 15) is 5.11 Å². The molecule has 0 aliphatic carbocycles. The van der Waals surface area contributed by atoms with E-state index in [0.717, 1.165) is 23.0 Å². The van der Waals surface area contributed by atoms with E-state index in [4.69, 9.17) is 4.74 Å². The zero-order valence-corrected chi connectivity index (χ0v) is 13.4. The number of aliphatic hydroxyl groups is 1. The van der Waals surface area contributed by atoms with E-state index in [1.165, 1.54) is 0 Å². The molecule has 2 rings (SSSR count). The largest absolute Gasteiger partial charge is 0.473 e. The van der Waals surface area contributed by atoms with Crippen molar-refractivity contribution in [2.24, 2.45) is 0 Å². The van der Waals surface area contributed by atoms with Crippen LogP contribution >= 0.6 is 11.7 Å². The molecule has 0 aliphatic rings. The van der Waals surface area contributed by atoms with Gasteiger partial charge >= 0.3 is 0 Å². The van der Waals surface area contributed by atoms with Gasteiger partial charge in [-0.3, -0.25) is 0 Å². The van der Waals surface area contributed by atoms with Crippen LogP contribution in [0.4, 0.5) is 0 Å². The number of nitrogens with one attached hydrogen (secondary N) is 1. The predicted octanol–water partition coefficient (Wildman–Crippen LogP) is 2.33. The van der Waals surface area contributed by atoms with Crippen LogP contribution in [-0.4, -0.2) is 38.6 Å². The fourth-order valence-corrected chi connectivity index (χ4v) is 2.22. The van der Waals surface area contributed by atoms with Crippen LogP contribution in [0.15, 0.2) is 30.3 Å². The first-order chi connectivity index (χ1) is 9.96. The molecule has 1 atom stereocenters. The lowest BCUT2D eigenvalue weighted by molar-refractivity contribution is 0.0985. The Balaban J connectivity index is 1.91. The minimum absolute atomic E-state index is 0.0294. The highest BCUT2D eigenvalue weighted by Crippen LogP contribution is 2.27. The number of β-amino-alcohol motifs (C(OH)–C–C–N with tert-alkyl or cyclic N) is 1. The highest BCUT2D eigenvalue weighted by molar-refractivity contribution is 6.99. The van der Waals surface area contributed by atoms with Crippen molar-refractivity contribution in [2.75, 3.05) is 13.2 Å². The molecule has 1 aromatic carbocycles. The first-order valence-corrected chi connectivity index (χ1v) is 7.62. The lowest BCUT2D eigenvalue weighted by Gasteiger charge is -2.22. The van der Waals surface area contributed by atoms with Gasteiger partial charge in [0.15, 0.2) is 0 Å². The Morgan fingerprint density at radius 3 is 2.62 bits per heavy atom. The van der Waals surface area contributed by atoms with E-state index in [1.54, 1.807) is 0 Å².